The third-order valence-corrected chi connectivity index (χ3v) is 1.83. The molecule has 1 fully saturated rings. The van der Waals surface area contributed by atoms with Crippen molar-refractivity contribution >= 4 is 0 Å². The summed E-state index contributed by atoms with van der Waals surface area (Å²) < 4.78 is 10.8. The molecule has 4 nitrogen and oxygen atoms in total. The topological polar surface area (TPSA) is 47.1 Å². The Bertz CT molecular complexity index is 227. The summed E-state index contributed by atoms with van der Waals surface area (Å²) in [5.74, 6) is -0.601. The molecular formula is C7H10N2O2. The monoisotopic (exact) mass is 154 g/mol. The Hall–Kier alpha value is -0.870. The van der Waals surface area contributed by atoms with Crippen LogP contribution in [0.4, 0.5) is 0 Å². The van der Waals surface area contributed by atoms with Gasteiger partial charge in [-0.1, -0.05) is 0 Å². The molecule has 2 rings (SSSR count). The number of H-pyrrole nitrogens is 1. The maximum atomic E-state index is 5.39. The minimum atomic E-state index is -0.601. The van der Waals surface area contributed by atoms with E-state index < -0.39 is 5.79 Å². The first kappa shape index (κ1) is 6.82. The van der Waals surface area contributed by atoms with E-state index in [1.54, 1.807) is 12.5 Å². The predicted octanol–water partition coefficient (Wildman–Crippen LogP) is 0.629. The molecule has 1 aromatic rings. The van der Waals surface area contributed by atoms with Crippen LogP contribution in [0.25, 0.3) is 0 Å². The normalized spacial score (nSPS) is 22.3. The van der Waals surface area contributed by atoms with Crippen molar-refractivity contribution < 1.29 is 9.47 Å². The van der Waals surface area contributed by atoms with Crippen LogP contribution in [0.15, 0.2) is 12.5 Å². The molecule has 0 unspecified atom stereocenters. The Morgan fingerprint density at radius 1 is 1.55 bits per heavy atom. The van der Waals surface area contributed by atoms with E-state index in [4.69, 9.17) is 9.47 Å². The summed E-state index contributed by atoms with van der Waals surface area (Å²) in [6.07, 6.45) is 3.33. The summed E-state index contributed by atoms with van der Waals surface area (Å²) in [5.41, 5.74) is 0.870. The molecule has 1 N–H and O–H groups in total. The molecule has 0 atom stereocenters. The summed E-state index contributed by atoms with van der Waals surface area (Å²) in [4.78, 5) is 6.85. The first-order chi connectivity index (χ1) is 5.31. The zero-order valence-electron chi connectivity index (χ0n) is 6.33. The maximum absolute atomic E-state index is 5.39. The molecule has 0 aliphatic carbocycles. The Balaban J connectivity index is 2.27. The van der Waals surface area contributed by atoms with Crippen molar-refractivity contribution in [3.8, 4) is 0 Å². The number of hydrogen-bond donors (Lipinski definition) is 1. The van der Waals surface area contributed by atoms with Crippen molar-refractivity contribution in [2.75, 3.05) is 13.2 Å². The van der Waals surface area contributed by atoms with E-state index in [0.717, 1.165) is 5.69 Å². The van der Waals surface area contributed by atoms with E-state index in [9.17, 15) is 0 Å². The Morgan fingerprint density at radius 3 is 2.82 bits per heavy atom. The van der Waals surface area contributed by atoms with Gasteiger partial charge < -0.3 is 14.5 Å². The van der Waals surface area contributed by atoms with Crippen molar-refractivity contribution in [3.63, 3.8) is 0 Å². The second-order valence-electron chi connectivity index (χ2n) is 2.61. The highest BCUT2D eigenvalue weighted by atomic mass is 16.7. The van der Waals surface area contributed by atoms with Crippen molar-refractivity contribution in [3.05, 3.63) is 18.2 Å². The fraction of sp³-hybridized carbons (Fsp3) is 0.571. The number of imidazole rings is 1. The van der Waals surface area contributed by atoms with Crippen LogP contribution >= 0.6 is 0 Å². The van der Waals surface area contributed by atoms with Crippen LogP contribution in [-0.4, -0.2) is 23.2 Å². The van der Waals surface area contributed by atoms with Crippen LogP contribution < -0.4 is 0 Å². The number of rotatable bonds is 1. The Labute approximate surface area is 64.5 Å². The summed E-state index contributed by atoms with van der Waals surface area (Å²) in [5, 5.41) is 0. The molecule has 60 valence electrons. The highest BCUT2D eigenvalue weighted by Gasteiger charge is 2.34. The van der Waals surface area contributed by atoms with Gasteiger partial charge in [0.25, 0.3) is 0 Å². The lowest BCUT2D eigenvalue weighted by Crippen LogP contribution is -2.22. The second kappa shape index (κ2) is 2.32. The summed E-state index contributed by atoms with van der Waals surface area (Å²) in [6.45, 7) is 3.18. The van der Waals surface area contributed by atoms with E-state index in [1.807, 2.05) is 6.92 Å². The zero-order valence-corrected chi connectivity index (χ0v) is 6.33. The number of nitrogens with zero attached hydrogens (tertiary/aromatic N) is 1. The quantitative estimate of drug-likeness (QED) is 0.645. The van der Waals surface area contributed by atoms with E-state index in [-0.39, 0.29) is 0 Å². The van der Waals surface area contributed by atoms with Gasteiger partial charge in [-0.2, -0.15) is 0 Å². The number of nitrogens with one attached hydrogen (secondary N) is 1. The first-order valence-corrected chi connectivity index (χ1v) is 3.58. The average molecular weight is 154 g/mol. The molecule has 0 spiro atoms. The predicted molar refractivity (Wildman–Crippen MR) is 37.8 cm³/mol. The number of aromatic amines is 1. The number of aromatic nitrogens is 2. The van der Waals surface area contributed by atoms with Crippen LogP contribution in [0.3, 0.4) is 0 Å². The van der Waals surface area contributed by atoms with Gasteiger partial charge in [0.15, 0.2) is 0 Å². The lowest BCUT2D eigenvalue weighted by Gasteiger charge is -2.19. The minimum absolute atomic E-state index is 0.601. The molecule has 1 aliphatic heterocycles. The Morgan fingerprint density at radius 2 is 2.27 bits per heavy atom. The van der Waals surface area contributed by atoms with Crippen LogP contribution in [0, 0.1) is 0 Å². The molecule has 0 bridgehead atoms. The molecule has 0 radical (unpaired) electrons. The van der Waals surface area contributed by atoms with Crippen molar-refractivity contribution in [1.82, 2.24) is 9.97 Å². The third kappa shape index (κ3) is 1.04. The van der Waals surface area contributed by atoms with Gasteiger partial charge in [-0.05, 0) is 6.92 Å². The van der Waals surface area contributed by atoms with Crippen LogP contribution in [0.5, 0.6) is 0 Å². The van der Waals surface area contributed by atoms with Gasteiger partial charge >= 0.3 is 0 Å². The summed E-state index contributed by atoms with van der Waals surface area (Å²) in [6, 6.07) is 0. The van der Waals surface area contributed by atoms with Gasteiger partial charge in [-0.25, -0.2) is 4.98 Å². The molecular weight excluding hydrogens is 144 g/mol. The molecule has 1 aromatic heterocycles. The molecule has 11 heavy (non-hydrogen) atoms. The van der Waals surface area contributed by atoms with Gasteiger partial charge in [0.2, 0.25) is 5.79 Å². The largest absolute Gasteiger partial charge is 0.344 e. The van der Waals surface area contributed by atoms with E-state index >= 15 is 0 Å². The van der Waals surface area contributed by atoms with Crippen LogP contribution in [-0.2, 0) is 15.3 Å². The second-order valence-corrected chi connectivity index (χ2v) is 2.61. The van der Waals surface area contributed by atoms with Gasteiger partial charge in [-0.15, -0.1) is 0 Å². The zero-order chi connectivity index (χ0) is 7.73. The first-order valence-electron chi connectivity index (χ1n) is 3.58. The minimum Gasteiger partial charge on any atom is -0.344 e. The molecule has 1 saturated heterocycles. The van der Waals surface area contributed by atoms with E-state index in [2.05, 4.69) is 9.97 Å². The van der Waals surface area contributed by atoms with E-state index in [1.165, 1.54) is 0 Å². The molecule has 0 aromatic carbocycles. The van der Waals surface area contributed by atoms with Crippen LogP contribution in [0.2, 0.25) is 0 Å². The lowest BCUT2D eigenvalue weighted by atomic mass is 10.2. The summed E-state index contributed by atoms with van der Waals surface area (Å²) >= 11 is 0. The lowest BCUT2D eigenvalue weighted by molar-refractivity contribution is -0.152. The van der Waals surface area contributed by atoms with Crippen molar-refractivity contribution in [1.29, 1.82) is 0 Å². The highest BCUT2D eigenvalue weighted by molar-refractivity contribution is 5.03. The number of hydrogen-bond acceptors (Lipinski definition) is 3. The number of ether oxygens (including phenoxy) is 2. The molecule has 4 heteroatoms. The molecule has 0 amide bonds. The molecule has 0 saturated carbocycles. The fourth-order valence-corrected chi connectivity index (χ4v) is 1.17. The molecule has 2 heterocycles. The van der Waals surface area contributed by atoms with E-state index in [0.29, 0.717) is 13.2 Å². The van der Waals surface area contributed by atoms with Gasteiger partial charge in [0.05, 0.1) is 31.4 Å². The fourth-order valence-electron chi connectivity index (χ4n) is 1.17. The highest BCUT2D eigenvalue weighted by Crippen LogP contribution is 2.28. The average Bonchev–Trinajstić information content (AvgIpc) is 2.55. The SMILES string of the molecule is CC1(c2cnc[nH]2)OCCO1. The maximum Gasteiger partial charge on any atom is 0.208 e. The molecule has 1 aliphatic rings. The van der Waals surface area contributed by atoms with Crippen molar-refractivity contribution in [2.24, 2.45) is 0 Å². The van der Waals surface area contributed by atoms with Crippen molar-refractivity contribution in [2.45, 2.75) is 12.7 Å². The van der Waals surface area contributed by atoms with Gasteiger partial charge in [-0.3, -0.25) is 0 Å². The Kier molecular flexibility index (Phi) is 1.44. The third-order valence-electron chi connectivity index (χ3n) is 1.83. The summed E-state index contributed by atoms with van der Waals surface area (Å²) in [7, 11) is 0. The standard InChI is InChI=1S/C7H10N2O2/c1-7(10-2-3-11-7)6-4-8-5-9-6/h4-5H,2-3H2,1H3,(H,8,9). The van der Waals surface area contributed by atoms with Crippen LogP contribution in [0.1, 0.15) is 12.6 Å². The van der Waals surface area contributed by atoms with Gasteiger partial charge in [0.1, 0.15) is 0 Å². The van der Waals surface area contributed by atoms with Gasteiger partial charge in [0, 0.05) is 0 Å². The smallest absolute Gasteiger partial charge is 0.208 e.